The summed E-state index contributed by atoms with van der Waals surface area (Å²) in [4.78, 5) is 27.9. The first-order valence-electron chi connectivity index (χ1n) is 9.94. The van der Waals surface area contributed by atoms with E-state index < -0.39 is 5.54 Å². The normalized spacial score (nSPS) is 21.9. The van der Waals surface area contributed by atoms with Gasteiger partial charge in [-0.2, -0.15) is 0 Å². The second-order valence-corrected chi connectivity index (χ2v) is 8.03. The third kappa shape index (κ3) is 3.18. The number of carbonyl (C=O) groups is 2. The number of halogens is 1. The van der Waals surface area contributed by atoms with Gasteiger partial charge in [0, 0.05) is 33.0 Å². The van der Waals surface area contributed by atoms with Crippen LogP contribution in [0.2, 0.25) is 0 Å². The fourth-order valence-corrected chi connectivity index (χ4v) is 5.05. The highest BCUT2D eigenvalue weighted by molar-refractivity contribution is 5.82. The van der Waals surface area contributed by atoms with Gasteiger partial charge in [-0.15, -0.1) is 0 Å². The molecule has 7 heteroatoms. The van der Waals surface area contributed by atoms with E-state index in [1.165, 1.54) is 26.2 Å². The predicted molar refractivity (Wildman–Crippen MR) is 109 cm³/mol. The molecular formula is C23H25FN2O4. The molecule has 2 aliphatic rings. The molecule has 6 nitrogen and oxygen atoms in total. The molecule has 2 atom stereocenters. The molecule has 0 aliphatic carbocycles. The Bertz CT molecular complexity index is 939. The molecule has 2 aromatic carbocycles. The lowest BCUT2D eigenvalue weighted by atomic mass is 9.60. The molecule has 0 bridgehead atoms. The van der Waals surface area contributed by atoms with Gasteiger partial charge >= 0.3 is 0 Å². The van der Waals surface area contributed by atoms with Gasteiger partial charge in [0.15, 0.2) is 0 Å². The van der Waals surface area contributed by atoms with E-state index in [0.29, 0.717) is 13.1 Å². The average molecular weight is 412 g/mol. The molecule has 2 aromatic rings. The van der Waals surface area contributed by atoms with Gasteiger partial charge in [-0.3, -0.25) is 9.59 Å². The summed E-state index contributed by atoms with van der Waals surface area (Å²) in [5.41, 5.74) is 2.38. The van der Waals surface area contributed by atoms with Crippen LogP contribution in [0.1, 0.15) is 18.4 Å². The number of hydrogen-bond acceptors (Lipinski definition) is 4. The van der Waals surface area contributed by atoms with Crippen LogP contribution < -0.4 is 0 Å². The highest BCUT2D eigenvalue weighted by Crippen LogP contribution is 2.54. The summed E-state index contributed by atoms with van der Waals surface area (Å²) in [7, 11) is 1.48. The second-order valence-electron chi connectivity index (χ2n) is 8.03. The summed E-state index contributed by atoms with van der Waals surface area (Å²) < 4.78 is 18.1. The molecule has 1 spiro atoms. The lowest BCUT2D eigenvalue weighted by molar-refractivity contribution is -0.202. The highest BCUT2D eigenvalue weighted by Gasteiger charge is 2.67. The van der Waals surface area contributed by atoms with E-state index >= 15 is 0 Å². The Morgan fingerprint density at radius 3 is 2.17 bits per heavy atom. The van der Waals surface area contributed by atoms with Gasteiger partial charge in [-0.05, 0) is 28.8 Å². The number of methoxy groups -OCH3 is 1. The number of aliphatic hydroxyl groups excluding tert-OH is 1. The van der Waals surface area contributed by atoms with Crippen LogP contribution in [-0.4, -0.2) is 71.7 Å². The summed E-state index contributed by atoms with van der Waals surface area (Å²) in [6.45, 7) is 2.22. The molecule has 2 amide bonds. The first-order chi connectivity index (χ1) is 14.4. The molecule has 1 N–H and O–H groups in total. The summed E-state index contributed by atoms with van der Waals surface area (Å²) >= 11 is 0. The zero-order valence-electron chi connectivity index (χ0n) is 17.0. The summed E-state index contributed by atoms with van der Waals surface area (Å²) in [5.74, 6) is -0.559. The van der Waals surface area contributed by atoms with Gasteiger partial charge in [0.1, 0.15) is 12.4 Å². The zero-order valence-corrected chi connectivity index (χ0v) is 17.0. The standard InChI is InChI=1S/C23H25FN2O4/c1-15(28)26-20(11-27)22(23(26)13-25(14-23)21(29)12-30-2)18-5-3-16(4-6-18)17-7-9-19(24)10-8-17/h3-10,20,22,27H,11-14H2,1-2H3/t20-,22+/m1/s1. The summed E-state index contributed by atoms with van der Waals surface area (Å²) in [5, 5.41) is 9.98. The van der Waals surface area contributed by atoms with Crippen LogP contribution in [-0.2, 0) is 14.3 Å². The van der Waals surface area contributed by atoms with Crippen molar-refractivity contribution in [3.05, 3.63) is 59.9 Å². The lowest BCUT2D eigenvalue weighted by Crippen LogP contribution is -2.85. The van der Waals surface area contributed by atoms with Crippen LogP contribution in [0.15, 0.2) is 48.5 Å². The molecule has 0 radical (unpaired) electrons. The minimum Gasteiger partial charge on any atom is -0.394 e. The molecule has 2 heterocycles. The van der Waals surface area contributed by atoms with Crippen molar-refractivity contribution in [3.63, 3.8) is 0 Å². The SMILES string of the molecule is COCC(=O)N1CC2(C1)[C@@H](c1ccc(-c3ccc(F)cc3)cc1)[C@@H](CO)N2C(C)=O. The highest BCUT2D eigenvalue weighted by atomic mass is 19.1. The largest absolute Gasteiger partial charge is 0.394 e. The molecule has 2 aliphatic heterocycles. The average Bonchev–Trinajstić information content (AvgIpc) is 2.67. The third-order valence-corrected chi connectivity index (χ3v) is 6.30. The van der Waals surface area contributed by atoms with Gasteiger partial charge in [0.05, 0.1) is 18.2 Å². The van der Waals surface area contributed by atoms with Gasteiger partial charge in [-0.25, -0.2) is 4.39 Å². The van der Waals surface area contributed by atoms with E-state index in [1.54, 1.807) is 21.9 Å². The van der Waals surface area contributed by atoms with Crippen LogP contribution >= 0.6 is 0 Å². The summed E-state index contributed by atoms with van der Waals surface area (Å²) in [6.07, 6.45) is 0. The van der Waals surface area contributed by atoms with Crippen molar-refractivity contribution >= 4 is 11.8 Å². The van der Waals surface area contributed by atoms with Crippen LogP contribution in [0.3, 0.4) is 0 Å². The first kappa shape index (κ1) is 20.5. The van der Waals surface area contributed by atoms with Crippen LogP contribution in [0.5, 0.6) is 0 Å². The lowest BCUT2D eigenvalue weighted by Gasteiger charge is -2.70. The number of benzene rings is 2. The number of amides is 2. The first-order valence-corrected chi connectivity index (χ1v) is 9.94. The molecule has 2 saturated heterocycles. The van der Waals surface area contributed by atoms with E-state index in [0.717, 1.165) is 16.7 Å². The topological polar surface area (TPSA) is 70.1 Å². The minimum absolute atomic E-state index is 0.0105. The third-order valence-electron chi connectivity index (χ3n) is 6.30. The maximum Gasteiger partial charge on any atom is 0.248 e. The van der Waals surface area contributed by atoms with Crippen molar-refractivity contribution < 1.29 is 23.8 Å². The number of rotatable bonds is 5. The Balaban J connectivity index is 1.60. The molecule has 4 rings (SSSR count). The smallest absolute Gasteiger partial charge is 0.248 e. The summed E-state index contributed by atoms with van der Waals surface area (Å²) in [6, 6.07) is 13.9. The number of likely N-dealkylation sites (tertiary alicyclic amines) is 2. The fourth-order valence-electron chi connectivity index (χ4n) is 5.05. The molecule has 30 heavy (non-hydrogen) atoms. The number of aliphatic hydroxyl groups is 1. The molecular weight excluding hydrogens is 387 g/mol. The van der Waals surface area contributed by atoms with E-state index in [1.807, 2.05) is 24.3 Å². The molecule has 0 unspecified atom stereocenters. The number of ether oxygens (including phenoxy) is 1. The second kappa shape index (κ2) is 7.81. The predicted octanol–water partition coefficient (Wildman–Crippen LogP) is 2.03. The van der Waals surface area contributed by atoms with Gasteiger partial charge in [0.25, 0.3) is 0 Å². The van der Waals surface area contributed by atoms with Gasteiger partial charge in [-0.1, -0.05) is 36.4 Å². The van der Waals surface area contributed by atoms with E-state index in [4.69, 9.17) is 4.74 Å². The van der Waals surface area contributed by atoms with Crippen LogP contribution in [0, 0.1) is 5.82 Å². The Labute approximate surface area is 174 Å². The van der Waals surface area contributed by atoms with Crippen LogP contribution in [0.4, 0.5) is 4.39 Å². The Morgan fingerprint density at radius 2 is 1.67 bits per heavy atom. The molecule has 0 aromatic heterocycles. The maximum absolute atomic E-state index is 13.2. The quantitative estimate of drug-likeness (QED) is 0.816. The monoisotopic (exact) mass is 412 g/mol. The molecule has 0 saturated carbocycles. The van der Waals surface area contributed by atoms with Gasteiger partial charge < -0.3 is 19.6 Å². The van der Waals surface area contributed by atoms with Crippen molar-refractivity contribution in [1.82, 2.24) is 9.80 Å². The van der Waals surface area contributed by atoms with E-state index in [9.17, 15) is 19.1 Å². The number of hydrogen-bond donors (Lipinski definition) is 1. The van der Waals surface area contributed by atoms with E-state index in [-0.39, 0.29) is 42.8 Å². The van der Waals surface area contributed by atoms with Crippen molar-refractivity contribution in [2.75, 3.05) is 33.4 Å². The maximum atomic E-state index is 13.2. The zero-order chi connectivity index (χ0) is 21.5. The van der Waals surface area contributed by atoms with Crippen LogP contribution in [0.25, 0.3) is 11.1 Å². The Kier molecular flexibility index (Phi) is 5.34. The van der Waals surface area contributed by atoms with Crippen molar-refractivity contribution in [2.24, 2.45) is 0 Å². The van der Waals surface area contributed by atoms with Crippen molar-refractivity contribution in [3.8, 4) is 11.1 Å². The molecule has 2 fully saturated rings. The van der Waals surface area contributed by atoms with Gasteiger partial charge in [0.2, 0.25) is 11.8 Å². The molecule has 158 valence electrons. The van der Waals surface area contributed by atoms with E-state index in [2.05, 4.69) is 0 Å². The number of carbonyl (C=O) groups excluding carboxylic acids is 2. The number of nitrogens with zero attached hydrogens (tertiary/aromatic N) is 2. The Hall–Kier alpha value is -2.77. The Morgan fingerprint density at radius 1 is 1.10 bits per heavy atom. The minimum atomic E-state index is -0.500. The fraction of sp³-hybridized carbons (Fsp3) is 0.391. The van der Waals surface area contributed by atoms with Crippen molar-refractivity contribution in [2.45, 2.75) is 24.4 Å². The van der Waals surface area contributed by atoms with Crippen molar-refractivity contribution in [1.29, 1.82) is 0 Å².